The fraction of sp³-hybridized carbons (Fsp3) is 0. The second kappa shape index (κ2) is 6.62. The molecule has 0 atom stereocenters. The van der Waals surface area contributed by atoms with Gasteiger partial charge in [-0.3, -0.25) is 4.79 Å². The molecule has 4 rings (SSSR count). The Morgan fingerprint density at radius 1 is 0.640 bits per heavy atom. The van der Waals surface area contributed by atoms with Crippen LogP contribution in [-0.2, 0) is 0 Å². The predicted molar refractivity (Wildman–Crippen MR) is 102 cm³/mol. The summed E-state index contributed by atoms with van der Waals surface area (Å²) in [6.07, 6.45) is 0. The summed E-state index contributed by atoms with van der Waals surface area (Å²) in [6, 6.07) is 31.4. The molecule has 0 radical (unpaired) electrons. The van der Waals surface area contributed by atoms with Gasteiger partial charge in [-0.15, -0.1) is 0 Å². The molecule has 120 valence electrons. The van der Waals surface area contributed by atoms with Gasteiger partial charge in [0, 0.05) is 16.8 Å². The highest BCUT2D eigenvalue weighted by molar-refractivity contribution is 6.13. The first-order chi connectivity index (χ1) is 12.3. The van der Waals surface area contributed by atoms with Crippen LogP contribution in [0.15, 0.2) is 97.1 Å². The minimum Gasteiger partial charge on any atom is -0.354 e. The van der Waals surface area contributed by atoms with E-state index in [0.717, 1.165) is 22.5 Å². The van der Waals surface area contributed by atoms with Crippen molar-refractivity contribution in [2.45, 2.75) is 0 Å². The van der Waals surface area contributed by atoms with Gasteiger partial charge in [0.1, 0.15) is 0 Å². The van der Waals surface area contributed by atoms with Crippen LogP contribution >= 0.6 is 0 Å². The van der Waals surface area contributed by atoms with Gasteiger partial charge in [0.25, 0.3) is 0 Å². The topological polar surface area (TPSA) is 32.9 Å². The van der Waals surface area contributed by atoms with Crippen molar-refractivity contribution in [3.8, 4) is 22.5 Å². The number of rotatable bonds is 4. The number of nitrogens with one attached hydrogen (secondary N) is 1. The average Bonchev–Trinajstić information content (AvgIpc) is 3.15. The number of aromatic amines is 1. The first-order valence-electron chi connectivity index (χ1n) is 8.26. The quantitative estimate of drug-likeness (QED) is 0.489. The number of H-pyrrole nitrogens is 1. The second-order valence-electron chi connectivity index (χ2n) is 5.90. The van der Waals surface area contributed by atoms with E-state index >= 15 is 0 Å². The maximum atomic E-state index is 13.1. The Morgan fingerprint density at radius 3 is 1.76 bits per heavy atom. The van der Waals surface area contributed by atoms with Crippen LogP contribution in [0.3, 0.4) is 0 Å². The molecule has 1 heterocycles. The van der Waals surface area contributed by atoms with Crippen molar-refractivity contribution in [3.63, 3.8) is 0 Å². The lowest BCUT2D eigenvalue weighted by atomic mass is 10.00. The summed E-state index contributed by atoms with van der Waals surface area (Å²) >= 11 is 0. The van der Waals surface area contributed by atoms with E-state index in [1.807, 2.05) is 97.1 Å². The van der Waals surface area contributed by atoms with Gasteiger partial charge in [-0.1, -0.05) is 91.0 Å². The van der Waals surface area contributed by atoms with Crippen LogP contribution in [0, 0.1) is 0 Å². The molecule has 0 unspecified atom stereocenters. The van der Waals surface area contributed by atoms with Crippen molar-refractivity contribution in [1.29, 1.82) is 0 Å². The number of hydrogen-bond donors (Lipinski definition) is 1. The van der Waals surface area contributed by atoms with E-state index in [1.165, 1.54) is 0 Å². The van der Waals surface area contributed by atoms with Crippen LogP contribution < -0.4 is 0 Å². The van der Waals surface area contributed by atoms with E-state index in [1.54, 1.807) is 0 Å². The summed E-state index contributed by atoms with van der Waals surface area (Å²) in [7, 11) is 0. The SMILES string of the molecule is O=C(c1ccccc1)c1cc(-c2ccccc2)[nH]c1-c1ccccc1. The van der Waals surface area contributed by atoms with Crippen LogP contribution in [-0.4, -0.2) is 10.8 Å². The Morgan fingerprint density at radius 2 is 1.16 bits per heavy atom. The molecule has 0 bridgehead atoms. The summed E-state index contributed by atoms with van der Waals surface area (Å²) in [6.45, 7) is 0. The van der Waals surface area contributed by atoms with Crippen LogP contribution in [0.4, 0.5) is 0 Å². The summed E-state index contributed by atoms with van der Waals surface area (Å²) in [4.78, 5) is 16.5. The third kappa shape index (κ3) is 3.02. The molecule has 0 saturated carbocycles. The van der Waals surface area contributed by atoms with Crippen LogP contribution in [0.5, 0.6) is 0 Å². The summed E-state index contributed by atoms with van der Waals surface area (Å²) in [5.74, 6) is 0.0258. The summed E-state index contributed by atoms with van der Waals surface area (Å²) in [5.41, 5.74) is 5.25. The van der Waals surface area contributed by atoms with Crippen molar-refractivity contribution >= 4 is 5.78 Å². The number of carbonyl (C=O) groups excluding carboxylic acids is 1. The molecular weight excluding hydrogens is 306 g/mol. The van der Waals surface area contributed by atoms with Crippen LogP contribution in [0.1, 0.15) is 15.9 Å². The highest BCUT2D eigenvalue weighted by Crippen LogP contribution is 2.30. The minimum atomic E-state index is 0.0258. The first-order valence-corrected chi connectivity index (χ1v) is 8.26. The average molecular weight is 323 g/mol. The number of carbonyl (C=O) groups is 1. The van der Waals surface area contributed by atoms with Gasteiger partial charge in [-0.05, 0) is 17.2 Å². The normalized spacial score (nSPS) is 10.6. The molecule has 0 fully saturated rings. The lowest BCUT2D eigenvalue weighted by molar-refractivity contribution is 0.103. The van der Waals surface area contributed by atoms with E-state index in [-0.39, 0.29) is 5.78 Å². The molecule has 0 amide bonds. The first kappa shape index (κ1) is 15.2. The fourth-order valence-corrected chi connectivity index (χ4v) is 2.98. The number of hydrogen-bond acceptors (Lipinski definition) is 1. The number of ketones is 1. The Kier molecular flexibility index (Phi) is 4.01. The van der Waals surface area contributed by atoms with Crippen LogP contribution in [0.2, 0.25) is 0 Å². The van der Waals surface area contributed by atoms with Crippen molar-refractivity contribution in [2.75, 3.05) is 0 Å². The number of benzene rings is 3. The second-order valence-corrected chi connectivity index (χ2v) is 5.90. The van der Waals surface area contributed by atoms with E-state index in [9.17, 15) is 4.79 Å². The van der Waals surface area contributed by atoms with Crippen molar-refractivity contribution in [3.05, 3.63) is 108 Å². The molecule has 25 heavy (non-hydrogen) atoms. The van der Waals surface area contributed by atoms with Gasteiger partial charge in [0.05, 0.1) is 5.69 Å². The van der Waals surface area contributed by atoms with Gasteiger partial charge in [-0.2, -0.15) is 0 Å². The molecule has 2 heteroatoms. The number of aromatic nitrogens is 1. The van der Waals surface area contributed by atoms with Crippen molar-refractivity contribution in [2.24, 2.45) is 0 Å². The maximum absolute atomic E-state index is 13.1. The monoisotopic (exact) mass is 323 g/mol. The molecule has 0 aliphatic heterocycles. The summed E-state index contributed by atoms with van der Waals surface area (Å²) < 4.78 is 0. The Balaban J connectivity index is 1.87. The maximum Gasteiger partial charge on any atom is 0.195 e. The molecule has 1 aromatic heterocycles. The largest absolute Gasteiger partial charge is 0.354 e. The Bertz CT molecular complexity index is 986. The van der Waals surface area contributed by atoms with Crippen LogP contribution in [0.25, 0.3) is 22.5 Å². The molecule has 0 aliphatic carbocycles. The molecule has 3 aromatic carbocycles. The van der Waals surface area contributed by atoms with Gasteiger partial charge in [0.2, 0.25) is 0 Å². The van der Waals surface area contributed by atoms with Gasteiger partial charge < -0.3 is 4.98 Å². The molecule has 0 saturated heterocycles. The molecule has 4 aromatic rings. The standard InChI is InChI=1S/C23H17NO/c25-23(19-14-8-3-9-15-19)20-16-21(17-10-4-1-5-11-17)24-22(20)18-12-6-2-7-13-18/h1-16,24H. The van der Waals surface area contributed by atoms with Crippen molar-refractivity contribution in [1.82, 2.24) is 4.98 Å². The van der Waals surface area contributed by atoms with E-state index in [4.69, 9.17) is 0 Å². The van der Waals surface area contributed by atoms with E-state index in [2.05, 4.69) is 4.98 Å². The Labute approximate surface area is 146 Å². The minimum absolute atomic E-state index is 0.0258. The lowest BCUT2D eigenvalue weighted by Crippen LogP contribution is -2.01. The van der Waals surface area contributed by atoms with Gasteiger partial charge >= 0.3 is 0 Å². The zero-order valence-corrected chi connectivity index (χ0v) is 13.6. The fourth-order valence-electron chi connectivity index (χ4n) is 2.98. The molecular formula is C23H17NO. The lowest BCUT2D eigenvalue weighted by Gasteiger charge is -2.04. The van der Waals surface area contributed by atoms with E-state index in [0.29, 0.717) is 11.1 Å². The van der Waals surface area contributed by atoms with E-state index < -0.39 is 0 Å². The Hall–Kier alpha value is -3.39. The van der Waals surface area contributed by atoms with Gasteiger partial charge in [-0.25, -0.2) is 0 Å². The third-order valence-electron chi connectivity index (χ3n) is 4.25. The highest BCUT2D eigenvalue weighted by atomic mass is 16.1. The van der Waals surface area contributed by atoms with Crippen molar-refractivity contribution < 1.29 is 4.79 Å². The molecule has 1 N–H and O–H groups in total. The zero-order chi connectivity index (χ0) is 17.1. The molecule has 2 nitrogen and oxygen atoms in total. The van der Waals surface area contributed by atoms with Gasteiger partial charge in [0.15, 0.2) is 5.78 Å². The third-order valence-corrected chi connectivity index (χ3v) is 4.25. The smallest absolute Gasteiger partial charge is 0.195 e. The summed E-state index contributed by atoms with van der Waals surface area (Å²) in [5, 5.41) is 0. The zero-order valence-electron chi connectivity index (χ0n) is 13.6. The predicted octanol–water partition coefficient (Wildman–Crippen LogP) is 5.58. The molecule has 0 aliphatic rings. The molecule has 0 spiro atoms. The highest BCUT2D eigenvalue weighted by Gasteiger charge is 2.18.